The van der Waals surface area contributed by atoms with Crippen LogP contribution in [0.5, 0.6) is 0 Å². The summed E-state index contributed by atoms with van der Waals surface area (Å²) in [5.41, 5.74) is 5.52. The molecule has 1 amide bonds. The quantitative estimate of drug-likeness (QED) is 0.639. The zero-order valence-corrected chi connectivity index (χ0v) is 10.4. The summed E-state index contributed by atoms with van der Waals surface area (Å²) in [6.07, 6.45) is 0.729. The first kappa shape index (κ1) is 13.3. The third-order valence-electron chi connectivity index (χ3n) is 2.41. The Kier molecular flexibility index (Phi) is 5.65. The molecule has 1 unspecified atom stereocenters. The largest absolute Gasteiger partial charge is 0.391 e. The molecular formula is C10H19N3O2S. The second kappa shape index (κ2) is 6.78. The molecular weight excluding hydrogens is 226 g/mol. The molecule has 92 valence electrons. The average Bonchev–Trinajstić information content (AvgIpc) is 2.26. The van der Waals surface area contributed by atoms with Gasteiger partial charge in [-0.2, -0.15) is 0 Å². The second-order valence-electron chi connectivity index (χ2n) is 3.85. The zero-order valence-electron chi connectivity index (χ0n) is 9.57. The molecule has 0 aromatic rings. The third-order valence-corrected chi connectivity index (χ3v) is 2.67. The number of nitrogens with zero attached hydrogens (tertiary/aromatic N) is 1. The molecule has 6 heteroatoms. The van der Waals surface area contributed by atoms with Gasteiger partial charge in [0.25, 0.3) is 0 Å². The molecule has 5 nitrogen and oxygen atoms in total. The Morgan fingerprint density at radius 1 is 1.69 bits per heavy atom. The predicted molar refractivity (Wildman–Crippen MR) is 66.3 cm³/mol. The fourth-order valence-corrected chi connectivity index (χ4v) is 1.68. The van der Waals surface area contributed by atoms with Gasteiger partial charge in [0.15, 0.2) is 0 Å². The number of nitrogens with one attached hydrogen (secondary N) is 1. The summed E-state index contributed by atoms with van der Waals surface area (Å²) in [4.78, 5) is 13.9. The lowest BCUT2D eigenvalue weighted by molar-refractivity contribution is -0.123. The minimum Gasteiger partial charge on any atom is -0.391 e. The van der Waals surface area contributed by atoms with Crippen molar-refractivity contribution in [1.82, 2.24) is 10.2 Å². The van der Waals surface area contributed by atoms with Crippen molar-refractivity contribution in [2.45, 2.75) is 19.4 Å². The molecule has 0 saturated carbocycles. The molecule has 0 spiro atoms. The highest BCUT2D eigenvalue weighted by molar-refractivity contribution is 7.80. The number of ether oxygens (including phenoxy) is 1. The summed E-state index contributed by atoms with van der Waals surface area (Å²) in [5.74, 6) is 0.0467. The van der Waals surface area contributed by atoms with Crippen molar-refractivity contribution in [2.24, 2.45) is 5.73 Å². The topological polar surface area (TPSA) is 67.6 Å². The highest BCUT2D eigenvalue weighted by Gasteiger charge is 2.23. The van der Waals surface area contributed by atoms with Crippen LogP contribution >= 0.6 is 12.2 Å². The van der Waals surface area contributed by atoms with E-state index in [2.05, 4.69) is 5.32 Å². The van der Waals surface area contributed by atoms with Crippen LogP contribution in [0.25, 0.3) is 0 Å². The lowest BCUT2D eigenvalue weighted by Crippen LogP contribution is -2.50. The number of morpholine rings is 1. The Labute approximate surface area is 101 Å². The van der Waals surface area contributed by atoms with Gasteiger partial charge in [-0.3, -0.25) is 9.69 Å². The van der Waals surface area contributed by atoms with Crippen molar-refractivity contribution in [3.05, 3.63) is 0 Å². The second-order valence-corrected chi connectivity index (χ2v) is 4.32. The van der Waals surface area contributed by atoms with Crippen molar-refractivity contribution >= 4 is 23.1 Å². The van der Waals surface area contributed by atoms with E-state index in [9.17, 15) is 4.79 Å². The SMILES string of the molecule is CCCNC(=O)CN1CCOC(C(N)=S)C1. The summed E-state index contributed by atoms with van der Waals surface area (Å²) < 4.78 is 5.39. The first-order valence-electron chi connectivity index (χ1n) is 5.53. The van der Waals surface area contributed by atoms with E-state index in [-0.39, 0.29) is 12.0 Å². The molecule has 1 aliphatic rings. The van der Waals surface area contributed by atoms with Gasteiger partial charge in [0, 0.05) is 19.6 Å². The van der Waals surface area contributed by atoms with Gasteiger partial charge >= 0.3 is 0 Å². The smallest absolute Gasteiger partial charge is 0.234 e. The van der Waals surface area contributed by atoms with E-state index in [0.29, 0.717) is 24.7 Å². The monoisotopic (exact) mass is 245 g/mol. The molecule has 1 saturated heterocycles. The molecule has 0 radical (unpaired) electrons. The van der Waals surface area contributed by atoms with Crippen LogP contribution in [0.3, 0.4) is 0 Å². The highest BCUT2D eigenvalue weighted by atomic mass is 32.1. The van der Waals surface area contributed by atoms with E-state index >= 15 is 0 Å². The average molecular weight is 245 g/mol. The van der Waals surface area contributed by atoms with Crippen molar-refractivity contribution in [2.75, 3.05) is 32.8 Å². The summed E-state index contributed by atoms with van der Waals surface area (Å²) in [6.45, 7) is 5.07. The minimum atomic E-state index is -0.220. The Morgan fingerprint density at radius 3 is 3.06 bits per heavy atom. The number of amides is 1. The van der Waals surface area contributed by atoms with Crippen LogP contribution in [0.15, 0.2) is 0 Å². The van der Waals surface area contributed by atoms with E-state index in [1.165, 1.54) is 0 Å². The van der Waals surface area contributed by atoms with Crippen LogP contribution in [0.2, 0.25) is 0 Å². The van der Waals surface area contributed by atoms with Crippen molar-refractivity contribution < 1.29 is 9.53 Å². The molecule has 0 bridgehead atoms. The first-order chi connectivity index (χ1) is 7.63. The van der Waals surface area contributed by atoms with Gasteiger partial charge in [-0.1, -0.05) is 19.1 Å². The highest BCUT2D eigenvalue weighted by Crippen LogP contribution is 2.04. The van der Waals surface area contributed by atoms with Crippen molar-refractivity contribution in [1.29, 1.82) is 0 Å². The summed E-state index contributed by atoms with van der Waals surface area (Å²) in [5, 5.41) is 2.84. The lowest BCUT2D eigenvalue weighted by Gasteiger charge is -2.31. The zero-order chi connectivity index (χ0) is 12.0. The van der Waals surface area contributed by atoms with Crippen LogP contribution in [0.4, 0.5) is 0 Å². The molecule has 1 fully saturated rings. The maximum Gasteiger partial charge on any atom is 0.234 e. The summed E-state index contributed by atoms with van der Waals surface area (Å²) in [6, 6.07) is 0. The van der Waals surface area contributed by atoms with E-state index in [1.54, 1.807) is 0 Å². The van der Waals surface area contributed by atoms with Crippen molar-refractivity contribution in [3.8, 4) is 0 Å². The number of hydrogen-bond donors (Lipinski definition) is 2. The molecule has 1 rings (SSSR count). The van der Waals surface area contributed by atoms with Crippen molar-refractivity contribution in [3.63, 3.8) is 0 Å². The molecule has 0 aliphatic carbocycles. The molecule has 0 aromatic carbocycles. The van der Waals surface area contributed by atoms with Gasteiger partial charge in [0.05, 0.1) is 13.2 Å². The maximum absolute atomic E-state index is 11.5. The third kappa shape index (κ3) is 4.42. The lowest BCUT2D eigenvalue weighted by atomic mass is 10.2. The Balaban J connectivity index is 2.31. The van der Waals surface area contributed by atoms with Crippen LogP contribution in [-0.4, -0.2) is 54.7 Å². The van der Waals surface area contributed by atoms with Gasteiger partial charge in [-0.05, 0) is 6.42 Å². The van der Waals surface area contributed by atoms with Crippen LogP contribution in [0.1, 0.15) is 13.3 Å². The fourth-order valence-electron chi connectivity index (χ4n) is 1.54. The fraction of sp³-hybridized carbons (Fsp3) is 0.800. The molecule has 0 aromatic heterocycles. The van der Waals surface area contributed by atoms with E-state index in [0.717, 1.165) is 19.5 Å². The summed E-state index contributed by atoms with van der Waals surface area (Å²) >= 11 is 4.88. The summed E-state index contributed by atoms with van der Waals surface area (Å²) in [7, 11) is 0. The Bertz CT molecular complexity index is 260. The molecule has 16 heavy (non-hydrogen) atoms. The predicted octanol–water partition coefficient (Wildman–Crippen LogP) is -0.500. The van der Waals surface area contributed by atoms with Gasteiger partial charge in [0.2, 0.25) is 5.91 Å². The number of rotatable bonds is 5. The minimum absolute atomic E-state index is 0.0467. The molecule has 1 heterocycles. The van der Waals surface area contributed by atoms with Crippen LogP contribution in [-0.2, 0) is 9.53 Å². The first-order valence-corrected chi connectivity index (χ1v) is 5.94. The van der Waals surface area contributed by atoms with E-state index < -0.39 is 0 Å². The van der Waals surface area contributed by atoms with E-state index in [1.807, 2.05) is 11.8 Å². The number of carbonyl (C=O) groups is 1. The van der Waals surface area contributed by atoms with Crippen LogP contribution < -0.4 is 11.1 Å². The maximum atomic E-state index is 11.5. The van der Waals surface area contributed by atoms with E-state index in [4.69, 9.17) is 22.7 Å². The van der Waals surface area contributed by atoms with Gasteiger partial charge in [-0.25, -0.2) is 0 Å². The number of hydrogen-bond acceptors (Lipinski definition) is 4. The van der Waals surface area contributed by atoms with Gasteiger partial charge in [0.1, 0.15) is 11.1 Å². The molecule has 3 N–H and O–H groups in total. The number of nitrogens with two attached hydrogens (primary N) is 1. The Hall–Kier alpha value is -0.720. The normalized spacial score (nSPS) is 21.7. The number of carbonyl (C=O) groups excluding carboxylic acids is 1. The molecule has 1 aliphatic heterocycles. The standard InChI is InChI=1S/C10H19N3O2S/c1-2-3-12-9(14)7-13-4-5-15-8(6-13)10(11)16/h8H,2-7H2,1H3,(H2,11,16)(H,12,14). The molecule has 1 atom stereocenters. The van der Waals surface area contributed by atoms with Gasteiger partial charge < -0.3 is 15.8 Å². The number of thiocarbonyl (C=S) groups is 1. The van der Waals surface area contributed by atoms with Gasteiger partial charge in [-0.15, -0.1) is 0 Å². The van der Waals surface area contributed by atoms with Crippen LogP contribution in [0, 0.1) is 0 Å². The Morgan fingerprint density at radius 2 is 2.44 bits per heavy atom.